The fraction of sp³-hybridized carbons (Fsp3) is 1.00. The van der Waals surface area contributed by atoms with Crippen molar-refractivity contribution in [3.63, 3.8) is 0 Å². The molecule has 0 aliphatic heterocycles. The van der Waals surface area contributed by atoms with Crippen molar-refractivity contribution in [1.82, 2.24) is 0 Å². The van der Waals surface area contributed by atoms with E-state index in [0.29, 0.717) is 0 Å². The maximum atomic E-state index is 12.0. The van der Waals surface area contributed by atoms with Crippen LogP contribution in [0.1, 0.15) is 6.42 Å². The van der Waals surface area contributed by atoms with Gasteiger partial charge in [0.25, 0.3) is 0 Å². The highest BCUT2D eigenvalue weighted by molar-refractivity contribution is 4.67. The van der Waals surface area contributed by atoms with Gasteiger partial charge >= 0.3 is 12.4 Å². The number of nitrogens with two attached hydrogens (primary N) is 1. The van der Waals surface area contributed by atoms with Crippen molar-refractivity contribution in [2.24, 2.45) is 11.7 Å². The van der Waals surface area contributed by atoms with Gasteiger partial charge in [-0.25, -0.2) is 0 Å². The zero-order chi connectivity index (χ0) is 12.1. The van der Waals surface area contributed by atoms with E-state index in [1.165, 1.54) is 0 Å². The molecule has 0 aromatic rings. The molecule has 0 amide bonds. The van der Waals surface area contributed by atoms with Gasteiger partial charge in [-0.3, -0.25) is 0 Å². The van der Waals surface area contributed by atoms with Crippen LogP contribution in [0.15, 0.2) is 0 Å². The molecule has 0 saturated heterocycles. The first-order valence-corrected chi connectivity index (χ1v) is 4.08. The summed E-state index contributed by atoms with van der Waals surface area (Å²) in [6.45, 7) is -2.32. The van der Waals surface area contributed by atoms with Gasteiger partial charge in [0.2, 0.25) is 0 Å². The quantitative estimate of drug-likeness (QED) is 0.589. The lowest BCUT2D eigenvalue weighted by atomic mass is 10.1. The van der Waals surface area contributed by atoms with Crippen LogP contribution in [0.4, 0.5) is 26.3 Å². The van der Waals surface area contributed by atoms with E-state index in [4.69, 9.17) is 5.73 Å². The summed E-state index contributed by atoms with van der Waals surface area (Å²) >= 11 is 0. The van der Waals surface area contributed by atoms with E-state index in [1.807, 2.05) is 0 Å². The van der Waals surface area contributed by atoms with Crippen LogP contribution in [-0.4, -0.2) is 32.1 Å². The SMILES string of the molecule is NCC(COCCC(F)(F)F)C(F)(F)F. The number of rotatable bonds is 5. The van der Waals surface area contributed by atoms with E-state index >= 15 is 0 Å². The standard InChI is InChI=1S/C7H11F6NO/c8-6(9,10)1-2-15-4-5(3-14)7(11,12)13/h5H,1-4,14H2. The zero-order valence-electron chi connectivity index (χ0n) is 7.66. The van der Waals surface area contributed by atoms with Crippen molar-refractivity contribution in [2.75, 3.05) is 19.8 Å². The number of halogens is 6. The molecule has 0 rings (SSSR count). The third-order valence-corrected chi connectivity index (χ3v) is 1.60. The van der Waals surface area contributed by atoms with Crippen LogP contribution < -0.4 is 5.73 Å². The van der Waals surface area contributed by atoms with Crippen LogP contribution in [0.2, 0.25) is 0 Å². The molecule has 0 aromatic heterocycles. The van der Waals surface area contributed by atoms with Gasteiger partial charge in [0.05, 0.1) is 25.6 Å². The van der Waals surface area contributed by atoms with Crippen LogP contribution in [0.5, 0.6) is 0 Å². The summed E-state index contributed by atoms with van der Waals surface area (Å²) in [4.78, 5) is 0. The lowest BCUT2D eigenvalue weighted by Crippen LogP contribution is -2.34. The van der Waals surface area contributed by atoms with Crippen LogP contribution in [-0.2, 0) is 4.74 Å². The Bertz CT molecular complexity index is 177. The fourth-order valence-electron chi connectivity index (χ4n) is 0.710. The summed E-state index contributed by atoms with van der Waals surface area (Å²) in [6, 6.07) is 0. The smallest absolute Gasteiger partial charge is 0.380 e. The van der Waals surface area contributed by atoms with E-state index in [2.05, 4.69) is 4.74 Å². The van der Waals surface area contributed by atoms with E-state index in [1.54, 1.807) is 0 Å². The second-order valence-corrected chi connectivity index (χ2v) is 2.91. The van der Waals surface area contributed by atoms with Crippen LogP contribution >= 0.6 is 0 Å². The van der Waals surface area contributed by atoms with Crippen molar-refractivity contribution in [1.29, 1.82) is 0 Å². The average molecular weight is 239 g/mol. The molecular formula is C7H11F6NO. The van der Waals surface area contributed by atoms with Crippen LogP contribution in [0, 0.1) is 5.92 Å². The lowest BCUT2D eigenvalue weighted by Gasteiger charge is -2.18. The van der Waals surface area contributed by atoms with E-state index in [0.717, 1.165) is 0 Å². The van der Waals surface area contributed by atoms with Crippen molar-refractivity contribution in [2.45, 2.75) is 18.8 Å². The van der Waals surface area contributed by atoms with Crippen molar-refractivity contribution in [3.8, 4) is 0 Å². The molecular weight excluding hydrogens is 228 g/mol. The summed E-state index contributed by atoms with van der Waals surface area (Å²) in [5.74, 6) is -1.91. The Morgan fingerprint density at radius 1 is 1.07 bits per heavy atom. The Balaban J connectivity index is 3.75. The Kier molecular flexibility index (Phi) is 5.36. The molecule has 2 nitrogen and oxygen atoms in total. The molecule has 0 radical (unpaired) electrons. The van der Waals surface area contributed by atoms with E-state index in [9.17, 15) is 26.3 Å². The molecule has 0 aliphatic rings. The number of hydrogen-bond acceptors (Lipinski definition) is 2. The van der Waals surface area contributed by atoms with Crippen LogP contribution in [0.25, 0.3) is 0 Å². The van der Waals surface area contributed by atoms with Gasteiger partial charge in [0.1, 0.15) is 0 Å². The molecule has 0 heterocycles. The predicted octanol–water partition coefficient (Wildman–Crippen LogP) is 2.09. The summed E-state index contributed by atoms with van der Waals surface area (Å²) in [5.41, 5.74) is 4.80. The normalized spacial score (nSPS) is 15.4. The summed E-state index contributed by atoms with van der Waals surface area (Å²) < 4.78 is 75.0. The number of alkyl halides is 6. The van der Waals surface area contributed by atoms with Gasteiger partial charge in [-0.2, -0.15) is 26.3 Å². The summed E-state index contributed by atoms with van der Waals surface area (Å²) in [5, 5.41) is 0. The first-order valence-electron chi connectivity index (χ1n) is 4.08. The Morgan fingerprint density at radius 2 is 1.60 bits per heavy atom. The molecule has 0 fully saturated rings. The van der Waals surface area contributed by atoms with Crippen molar-refractivity contribution >= 4 is 0 Å². The van der Waals surface area contributed by atoms with Crippen molar-refractivity contribution in [3.05, 3.63) is 0 Å². The highest BCUT2D eigenvalue weighted by Crippen LogP contribution is 2.26. The second kappa shape index (κ2) is 5.55. The maximum absolute atomic E-state index is 12.0. The monoisotopic (exact) mass is 239 g/mol. The molecule has 8 heteroatoms. The van der Waals surface area contributed by atoms with E-state index in [-0.39, 0.29) is 0 Å². The van der Waals surface area contributed by atoms with Gasteiger partial charge in [0, 0.05) is 6.54 Å². The molecule has 2 N–H and O–H groups in total. The average Bonchev–Trinajstić information content (AvgIpc) is 1.99. The van der Waals surface area contributed by atoms with Crippen LogP contribution in [0.3, 0.4) is 0 Å². The molecule has 1 unspecified atom stereocenters. The molecule has 0 spiro atoms. The predicted molar refractivity (Wildman–Crippen MR) is 40.1 cm³/mol. The molecule has 92 valence electrons. The zero-order valence-corrected chi connectivity index (χ0v) is 7.66. The Morgan fingerprint density at radius 3 is 1.93 bits per heavy atom. The minimum absolute atomic E-state index is 0.699. The minimum Gasteiger partial charge on any atom is -0.380 e. The molecule has 1 atom stereocenters. The van der Waals surface area contributed by atoms with Gasteiger partial charge < -0.3 is 10.5 Å². The van der Waals surface area contributed by atoms with E-state index < -0.39 is 44.4 Å². The molecule has 0 aliphatic carbocycles. The number of hydrogen-bond donors (Lipinski definition) is 1. The minimum atomic E-state index is -4.53. The van der Waals surface area contributed by atoms with Gasteiger partial charge in [0.15, 0.2) is 0 Å². The third kappa shape index (κ3) is 7.43. The van der Waals surface area contributed by atoms with Gasteiger partial charge in [-0.1, -0.05) is 0 Å². The highest BCUT2D eigenvalue weighted by Gasteiger charge is 2.38. The number of ether oxygens (including phenoxy) is 1. The Labute approximate surface area is 82.4 Å². The summed E-state index contributed by atoms with van der Waals surface area (Å²) in [7, 11) is 0. The highest BCUT2D eigenvalue weighted by atomic mass is 19.4. The van der Waals surface area contributed by atoms with Crippen molar-refractivity contribution < 1.29 is 31.1 Å². The van der Waals surface area contributed by atoms with Gasteiger partial charge in [-0.05, 0) is 0 Å². The molecule has 15 heavy (non-hydrogen) atoms. The molecule has 0 aromatic carbocycles. The first kappa shape index (κ1) is 14.5. The maximum Gasteiger partial charge on any atom is 0.395 e. The van der Waals surface area contributed by atoms with Gasteiger partial charge in [-0.15, -0.1) is 0 Å². The third-order valence-electron chi connectivity index (χ3n) is 1.60. The lowest BCUT2D eigenvalue weighted by molar-refractivity contribution is -0.189. The topological polar surface area (TPSA) is 35.2 Å². The molecule has 0 bridgehead atoms. The first-order chi connectivity index (χ1) is 6.67. The largest absolute Gasteiger partial charge is 0.395 e. The fourth-order valence-corrected chi connectivity index (χ4v) is 0.710. The Hall–Kier alpha value is -0.500. The summed E-state index contributed by atoms with van der Waals surface area (Å²) in [6.07, 6.45) is -10.2. The molecule has 0 saturated carbocycles. The second-order valence-electron chi connectivity index (χ2n) is 2.91.